The van der Waals surface area contributed by atoms with E-state index in [2.05, 4.69) is 15.4 Å². The second-order valence-corrected chi connectivity index (χ2v) is 7.16. The number of hydrogen-bond acceptors (Lipinski definition) is 3. The number of aromatic nitrogens is 4. The zero-order valence-electron chi connectivity index (χ0n) is 15.9. The predicted molar refractivity (Wildman–Crippen MR) is 111 cm³/mol. The SMILES string of the molecule is Cc1nn(Cc2cccc(C(=O)Nc3nc4ccccc4n3C)c2)c(C)c1Cl. The molecule has 0 saturated heterocycles. The van der Waals surface area contributed by atoms with E-state index < -0.39 is 0 Å². The molecule has 1 amide bonds. The zero-order chi connectivity index (χ0) is 19.8. The maximum absolute atomic E-state index is 12.8. The molecule has 0 bridgehead atoms. The molecule has 6 nitrogen and oxygen atoms in total. The summed E-state index contributed by atoms with van der Waals surface area (Å²) in [7, 11) is 1.88. The van der Waals surface area contributed by atoms with Crippen molar-refractivity contribution in [3.63, 3.8) is 0 Å². The van der Waals surface area contributed by atoms with Crippen LogP contribution in [0.1, 0.15) is 27.3 Å². The quantitative estimate of drug-likeness (QED) is 0.561. The molecule has 0 fully saturated rings. The van der Waals surface area contributed by atoms with E-state index >= 15 is 0 Å². The highest BCUT2D eigenvalue weighted by molar-refractivity contribution is 6.31. The molecule has 7 heteroatoms. The van der Waals surface area contributed by atoms with Gasteiger partial charge in [-0.3, -0.25) is 14.8 Å². The van der Waals surface area contributed by atoms with E-state index in [0.29, 0.717) is 23.1 Å². The number of benzene rings is 2. The maximum atomic E-state index is 12.8. The Labute approximate surface area is 167 Å². The fourth-order valence-electron chi connectivity index (χ4n) is 3.24. The number of nitrogens with one attached hydrogen (secondary N) is 1. The van der Waals surface area contributed by atoms with E-state index in [0.717, 1.165) is 28.0 Å². The van der Waals surface area contributed by atoms with Crippen molar-refractivity contribution in [3.8, 4) is 0 Å². The number of rotatable bonds is 4. The van der Waals surface area contributed by atoms with Gasteiger partial charge in [-0.2, -0.15) is 5.10 Å². The van der Waals surface area contributed by atoms with Crippen LogP contribution in [0.25, 0.3) is 11.0 Å². The molecule has 0 unspecified atom stereocenters. The molecule has 2 aromatic heterocycles. The first-order valence-corrected chi connectivity index (χ1v) is 9.33. The maximum Gasteiger partial charge on any atom is 0.257 e. The van der Waals surface area contributed by atoms with Crippen LogP contribution in [-0.4, -0.2) is 25.2 Å². The summed E-state index contributed by atoms with van der Waals surface area (Å²) >= 11 is 6.23. The van der Waals surface area contributed by atoms with Crippen LogP contribution >= 0.6 is 11.6 Å². The number of amides is 1. The van der Waals surface area contributed by atoms with E-state index in [-0.39, 0.29) is 5.91 Å². The molecule has 0 aliphatic heterocycles. The Morgan fingerprint density at radius 2 is 1.93 bits per heavy atom. The summed E-state index contributed by atoms with van der Waals surface area (Å²) in [5.74, 6) is 0.314. The summed E-state index contributed by atoms with van der Waals surface area (Å²) in [5.41, 5.74) is 5.06. The summed E-state index contributed by atoms with van der Waals surface area (Å²) < 4.78 is 3.72. The van der Waals surface area contributed by atoms with Crippen LogP contribution in [0.3, 0.4) is 0 Å². The summed E-state index contributed by atoms with van der Waals surface area (Å²) in [6.07, 6.45) is 0. The number of imidazole rings is 1. The Bertz CT molecular complexity index is 1190. The van der Waals surface area contributed by atoms with E-state index in [4.69, 9.17) is 11.6 Å². The van der Waals surface area contributed by atoms with Crippen LogP contribution in [0, 0.1) is 13.8 Å². The van der Waals surface area contributed by atoms with Gasteiger partial charge in [-0.25, -0.2) is 4.98 Å². The number of anilines is 1. The molecule has 4 aromatic rings. The largest absolute Gasteiger partial charge is 0.313 e. The lowest BCUT2D eigenvalue weighted by molar-refractivity contribution is 0.102. The van der Waals surface area contributed by atoms with Crippen molar-refractivity contribution in [2.24, 2.45) is 7.05 Å². The monoisotopic (exact) mass is 393 g/mol. The first kappa shape index (κ1) is 18.3. The summed E-state index contributed by atoms with van der Waals surface area (Å²) in [4.78, 5) is 17.3. The Morgan fingerprint density at radius 3 is 2.64 bits per heavy atom. The van der Waals surface area contributed by atoms with Gasteiger partial charge in [-0.05, 0) is 43.7 Å². The van der Waals surface area contributed by atoms with Gasteiger partial charge in [0.2, 0.25) is 5.95 Å². The Balaban J connectivity index is 1.57. The highest BCUT2D eigenvalue weighted by Gasteiger charge is 2.14. The molecule has 142 valence electrons. The minimum absolute atomic E-state index is 0.202. The second-order valence-electron chi connectivity index (χ2n) is 6.78. The van der Waals surface area contributed by atoms with Crippen LogP contribution in [0.15, 0.2) is 48.5 Å². The molecule has 0 atom stereocenters. The first-order chi connectivity index (χ1) is 13.4. The number of carbonyl (C=O) groups excluding carboxylic acids is 1. The fourth-order valence-corrected chi connectivity index (χ4v) is 3.38. The Morgan fingerprint density at radius 1 is 1.14 bits per heavy atom. The predicted octanol–water partition coefficient (Wildman–Crippen LogP) is 4.34. The lowest BCUT2D eigenvalue weighted by Crippen LogP contribution is -2.15. The summed E-state index contributed by atoms with van der Waals surface area (Å²) in [6, 6.07) is 15.3. The van der Waals surface area contributed by atoms with Crippen molar-refractivity contribution in [2.75, 3.05) is 5.32 Å². The average Bonchev–Trinajstić information content (AvgIpc) is 3.13. The molecule has 2 heterocycles. The number of carbonyl (C=O) groups is 1. The highest BCUT2D eigenvalue weighted by atomic mass is 35.5. The molecule has 0 saturated carbocycles. The third-order valence-corrected chi connectivity index (χ3v) is 5.37. The molecule has 2 aromatic carbocycles. The van der Waals surface area contributed by atoms with Crippen molar-refractivity contribution < 1.29 is 4.79 Å². The van der Waals surface area contributed by atoms with Gasteiger partial charge in [-0.15, -0.1) is 0 Å². The fraction of sp³-hybridized carbons (Fsp3) is 0.190. The molecule has 1 N–H and O–H groups in total. The van der Waals surface area contributed by atoms with Gasteiger partial charge in [-0.1, -0.05) is 35.9 Å². The van der Waals surface area contributed by atoms with Crippen LogP contribution in [-0.2, 0) is 13.6 Å². The van der Waals surface area contributed by atoms with Crippen molar-refractivity contribution in [1.82, 2.24) is 19.3 Å². The van der Waals surface area contributed by atoms with Crippen LogP contribution < -0.4 is 5.32 Å². The third kappa shape index (κ3) is 3.27. The number of halogens is 1. The van der Waals surface area contributed by atoms with E-state index in [1.807, 2.05) is 72.6 Å². The number of para-hydroxylation sites is 2. The molecule has 4 rings (SSSR count). The first-order valence-electron chi connectivity index (χ1n) is 8.95. The lowest BCUT2D eigenvalue weighted by atomic mass is 10.1. The van der Waals surface area contributed by atoms with Gasteiger partial charge in [0, 0.05) is 12.6 Å². The van der Waals surface area contributed by atoms with Crippen molar-refractivity contribution in [2.45, 2.75) is 20.4 Å². The number of hydrogen-bond donors (Lipinski definition) is 1. The average molecular weight is 394 g/mol. The van der Waals surface area contributed by atoms with Gasteiger partial charge in [0.15, 0.2) is 0 Å². The Kier molecular flexibility index (Phi) is 4.65. The number of fused-ring (bicyclic) bond motifs is 1. The van der Waals surface area contributed by atoms with E-state index in [9.17, 15) is 4.79 Å². The van der Waals surface area contributed by atoms with Gasteiger partial charge >= 0.3 is 0 Å². The highest BCUT2D eigenvalue weighted by Crippen LogP contribution is 2.21. The minimum atomic E-state index is -0.202. The van der Waals surface area contributed by atoms with E-state index in [1.165, 1.54) is 0 Å². The van der Waals surface area contributed by atoms with Gasteiger partial charge in [0.05, 0.1) is 34.0 Å². The molecule has 0 aliphatic carbocycles. The smallest absolute Gasteiger partial charge is 0.257 e. The zero-order valence-corrected chi connectivity index (χ0v) is 16.7. The number of nitrogens with zero attached hydrogens (tertiary/aromatic N) is 4. The molecule has 0 radical (unpaired) electrons. The molecular formula is C21H20ClN5O. The van der Waals surface area contributed by atoms with Gasteiger partial charge in [0.25, 0.3) is 5.91 Å². The Hall–Kier alpha value is -3.12. The minimum Gasteiger partial charge on any atom is -0.313 e. The van der Waals surface area contributed by atoms with Crippen molar-refractivity contribution in [3.05, 3.63) is 76.1 Å². The van der Waals surface area contributed by atoms with Crippen molar-refractivity contribution in [1.29, 1.82) is 0 Å². The van der Waals surface area contributed by atoms with Crippen LogP contribution in [0.4, 0.5) is 5.95 Å². The summed E-state index contributed by atoms with van der Waals surface area (Å²) in [5, 5.41) is 8.03. The van der Waals surface area contributed by atoms with Gasteiger partial charge < -0.3 is 4.57 Å². The van der Waals surface area contributed by atoms with E-state index in [1.54, 1.807) is 6.07 Å². The van der Waals surface area contributed by atoms with Crippen molar-refractivity contribution >= 4 is 34.5 Å². The normalized spacial score (nSPS) is 11.1. The second kappa shape index (κ2) is 7.13. The molecule has 0 spiro atoms. The molecule has 0 aliphatic rings. The molecule has 28 heavy (non-hydrogen) atoms. The molecular weight excluding hydrogens is 374 g/mol. The topological polar surface area (TPSA) is 64.7 Å². The van der Waals surface area contributed by atoms with Crippen LogP contribution in [0.2, 0.25) is 5.02 Å². The lowest BCUT2D eigenvalue weighted by Gasteiger charge is -2.08. The summed E-state index contributed by atoms with van der Waals surface area (Å²) in [6.45, 7) is 4.37. The number of aryl methyl sites for hydroxylation is 2. The van der Waals surface area contributed by atoms with Crippen LogP contribution in [0.5, 0.6) is 0 Å². The standard InChI is InChI=1S/C21H20ClN5O/c1-13-19(22)14(2)27(25-13)12-15-7-6-8-16(11-15)20(28)24-21-23-17-9-4-5-10-18(17)26(21)3/h4-11H,12H2,1-3H3,(H,23,24,28). The third-order valence-electron chi connectivity index (χ3n) is 4.83. The van der Waals surface area contributed by atoms with Gasteiger partial charge in [0.1, 0.15) is 0 Å².